The molecule has 2 amide bonds. The Bertz CT molecular complexity index is 372. The SMILES string of the molecule is CCCCNC(=O)CCCCCCCCCCC(=O)NCCC(=O)O. The number of unbranched alkanes of at least 4 members (excludes halogenated alkanes) is 8. The lowest BCUT2D eigenvalue weighted by atomic mass is 10.1. The summed E-state index contributed by atoms with van der Waals surface area (Å²) < 4.78 is 0. The van der Waals surface area contributed by atoms with E-state index in [4.69, 9.17) is 5.11 Å². The van der Waals surface area contributed by atoms with Crippen molar-refractivity contribution in [3.8, 4) is 0 Å². The third-order valence-electron chi connectivity index (χ3n) is 4.07. The van der Waals surface area contributed by atoms with Crippen LogP contribution in [0.2, 0.25) is 0 Å². The molecule has 0 aliphatic carbocycles. The van der Waals surface area contributed by atoms with Crippen molar-refractivity contribution in [1.29, 1.82) is 0 Å². The van der Waals surface area contributed by atoms with Crippen molar-refractivity contribution in [2.24, 2.45) is 0 Å². The van der Waals surface area contributed by atoms with Crippen molar-refractivity contribution in [3.63, 3.8) is 0 Å². The zero-order valence-corrected chi connectivity index (χ0v) is 15.8. The number of hydrogen-bond acceptors (Lipinski definition) is 3. The van der Waals surface area contributed by atoms with Crippen LogP contribution in [-0.4, -0.2) is 36.0 Å². The standard InChI is InChI=1S/C19H36N2O4/c1-2-3-15-20-17(22)12-10-8-6-4-5-7-9-11-13-18(23)21-16-14-19(24)25/h2-16H2,1H3,(H,20,22)(H,21,23)(H,24,25). The molecule has 6 heteroatoms. The van der Waals surface area contributed by atoms with Gasteiger partial charge in [0, 0.05) is 25.9 Å². The second-order valence-electron chi connectivity index (χ2n) is 6.53. The molecule has 0 spiro atoms. The number of carbonyl (C=O) groups excluding carboxylic acids is 2. The highest BCUT2D eigenvalue weighted by Crippen LogP contribution is 2.10. The molecule has 0 heterocycles. The molecule has 0 aromatic rings. The van der Waals surface area contributed by atoms with Gasteiger partial charge in [-0.05, 0) is 19.3 Å². The number of rotatable bonds is 17. The monoisotopic (exact) mass is 356 g/mol. The first-order chi connectivity index (χ1) is 12.1. The van der Waals surface area contributed by atoms with E-state index in [2.05, 4.69) is 17.6 Å². The van der Waals surface area contributed by atoms with Crippen LogP contribution in [0.15, 0.2) is 0 Å². The van der Waals surface area contributed by atoms with E-state index in [1.165, 1.54) is 12.8 Å². The Balaban J connectivity index is 3.24. The topological polar surface area (TPSA) is 95.5 Å². The molecular formula is C19H36N2O4. The number of carboxylic acid groups (broad SMARTS) is 1. The third-order valence-corrected chi connectivity index (χ3v) is 4.07. The zero-order chi connectivity index (χ0) is 18.8. The van der Waals surface area contributed by atoms with E-state index < -0.39 is 5.97 Å². The van der Waals surface area contributed by atoms with Gasteiger partial charge in [0.05, 0.1) is 6.42 Å². The van der Waals surface area contributed by atoms with Gasteiger partial charge in [0.25, 0.3) is 0 Å². The molecule has 0 fully saturated rings. The summed E-state index contributed by atoms with van der Waals surface area (Å²) in [4.78, 5) is 33.3. The van der Waals surface area contributed by atoms with Crippen LogP contribution < -0.4 is 10.6 Å². The van der Waals surface area contributed by atoms with Gasteiger partial charge in [-0.3, -0.25) is 14.4 Å². The van der Waals surface area contributed by atoms with Crippen molar-refractivity contribution in [1.82, 2.24) is 10.6 Å². The summed E-state index contributed by atoms with van der Waals surface area (Å²) in [5.41, 5.74) is 0. The van der Waals surface area contributed by atoms with Crippen molar-refractivity contribution in [2.75, 3.05) is 13.1 Å². The first kappa shape index (κ1) is 23.4. The van der Waals surface area contributed by atoms with Crippen LogP contribution in [0.3, 0.4) is 0 Å². The average molecular weight is 357 g/mol. The Morgan fingerprint density at radius 1 is 0.640 bits per heavy atom. The first-order valence-corrected chi connectivity index (χ1v) is 9.81. The van der Waals surface area contributed by atoms with E-state index in [0.29, 0.717) is 12.8 Å². The number of nitrogens with one attached hydrogen (secondary N) is 2. The van der Waals surface area contributed by atoms with Crippen LogP contribution in [0.4, 0.5) is 0 Å². The van der Waals surface area contributed by atoms with E-state index in [1.54, 1.807) is 0 Å². The minimum atomic E-state index is -0.891. The second kappa shape index (κ2) is 17.2. The van der Waals surface area contributed by atoms with Gasteiger partial charge in [0.15, 0.2) is 0 Å². The number of aliphatic carboxylic acids is 1. The van der Waals surface area contributed by atoms with Gasteiger partial charge in [-0.15, -0.1) is 0 Å². The van der Waals surface area contributed by atoms with Crippen LogP contribution in [0.5, 0.6) is 0 Å². The fraction of sp³-hybridized carbons (Fsp3) is 0.842. The number of carboxylic acids is 1. The Morgan fingerprint density at radius 2 is 1.08 bits per heavy atom. The molecule has 0 unspecified atom stereocenters. The second-order valence-corrected chi connectivity index (χ2v) is 6.53. The summed E-state index contributed by atoms with van der Waals surface area (Å²) in [5, 5.41) is 14.0. The van der Waals surface area contributed by atoms with Gasteiger partial charge in [-0.1, -0.05) is 51.9 Å². The summed E-state index contributed by atoms with van der Waals surface area (Å²) in [6, 6.07) is 0. The Labute approximate surface area is 152 Å². The highest BCUT2D eigenvalue weighted by molar-refractivity contribution is 5.76. The quantitative estimate of drug-likeness (QED) is 0.348. The van der Waals surface area contributed by atoms with E-state index in [0.717, 1.165) is 57.9 Å². The first-order valence-electron chi connectivity index (χ1n) is 9.81. The van der Waals surface area contributed by atoms with Crippen molar-refractivity contribution in [2.45, 2.75) is 90.4 Å². The molecular weight excluding hydrogens is 320 g/mol. The zero-order valence-electron chi connectivity index (χ0n) is 15.8. The summed E-state index contributed by atoms with van der Waals surface area (Å²) in [6.07, 6.45) is 11.9. The largest absolute Gasteiger partial charge is 0.481 e. The predicted octanol–water partition coefficient (Wildman–Crippen LogP) is 3.39. The Kier molecular flexibility index (Phi) is 16.1. The van der Waals surface area contributed by atoms with E-state index in [1.807, 2.05) is 0 Å². The molecule has 0 rings (SSSR count). The van der Waals surface area contributed by atoms with E-state index in [-0.39, 0.29) is 24.8 Å². The van der Waals surface area contributed by atoms with Crippen LogP contribution >= 0.6 is 0 Å². The van der Waals surface area contributed by atoms with E-state index >= 15 is 0 Å². The Hall–Kier alpha value is -1.59. The molecule has 6 nitrogen and oxygen atoms in total. The van der Waals surface area contributed by atoms with Crippen LogP contribution in [0.25, 0.3) is 0 Å². The van der Waals surface area contributed by atoms with Crippen LogP contribution in [0.1, 0.15) is 90.4 Å². The van der Waals surface area contributed by atoms with E-state index in [9.17, 15) is 14.4 Å². The maximum atomic E-state index is 11.5. The molecule has 0 aromatic heterocycles. The summed E-state index contributed by atoms with van der Waals surface area (Å²) in [7, 11) is 0. The van der Waals surface area contributed by atoms with Gasteiger partial charge in [-0.2, -0.15) is 0 Å². The maximum absolute atomic E-state index is 11.5. The minimum Gasteiger partial charge on any atom is -0.481 e. The molecule has 0 aliphatic rings. The maximum Gasteiger partial charge on any atom is 0.305 e. The predicted molar refractivity (Wildman–Crippen MR) is 99.4 cm³/mol. The number of amides is 2. The van der Waals surface area contributed by atoms with Gasteiger partial charge in [-0.25, -0.2) is 0 Å². The molecule has 0 saturated carbocycles. The number of hydrogen-bond donors (Lipinski definition) is 3. The number of carbonyl (C=O) groups is 3. The summed E-state index contributed by atoms with van der Waals surface area (Å²) in [5.74, 6) is -0.772. The lowest BCUT2D eigenvalue weighted by Crippen LogP contribution is -2.25. The third kappa shape index (κ3) is 18.6. The lowest BCUT2D eigenvalue weighted by molar-refractivity contribution is -0.137. The molecule has 0 saturated heterocycles. The van der Waals surface area contributed by atoms with Crippen LogP contribution in [0, 0.1) is 0 Å². The molecule has 3 N–H and O–H groups in total. The summed E-state index contributed by atoms with van der Waals surface area (Å²) in [6.45, 7) is 3.13. The fourth-order valence-corrected chi connectivity index (χ4v) is 2.52. The highest BCUT2D eigenvalue weighted by Gasteiger charge is 2.03. The molecule has 25 heavy (non-hydrogen) atoms. The summed E-state index contributed by atoms with van der Waals surface area (Å²) >= 11 is 0. The molecule has 0 aromatic carbocycles. The Morgan fingerprint density at radius 3 is 1.52 bits per heavy atom. The van der Waals surface area contributed by atoms with Crippen molar-refractivity contribution >= 4 is 17.8 Å². The van der Waals surface area contributed by atoms with Gasteiger partial charge < -0.3 is 15.7 Å². The van der Waals surface area contributed by atoms with Crippen molar-refractivity contribution in [3.05, 3.63) is 0 Å². The normalized spacial score (nSPS) is 10.4. The minimum absolute atomic E-state index is 0.0217. The molecule has 146 valence electrons. The average Bonchev–Trinajstić information content (AvgIpc) is 2.56. The molecule has 0 bridgehead atoms. The van der Waals surface area contributed by atoms with Gasteiger partial charge in [0.1, 0.15) is 0 Å². The lowest BCUT2D eigenvalue weighted by Gasteiger charge is -2.05. The van der Waals surface area contributed by atoms with Crippen LogP contribution in [-0.2, 0) is 14.4 Å². The smallest absolute Gasteiger partial charge is 0.305 e. The van der Waals surface area contributed by atoms with Crippen molar-refractivity contribution < 1.29 is 19.5 Å². The van der Waals surface area contributed by atoms with Gasteiger partial charge >= 0.3 is 5.97 Å². The molecule has 0 aliphatic heterocycles. The van der Waals surface area contributed by atoms with Gasteiger partial charge in [0.2, 0.25) is 11.8 Å². The molecule has 0 radical (unpaired) electrons. The fourth-order valence-electron chi connectivity index (χ4n) is 2.52. The molecule has 0 atom stereocenters. The highest BCUT2D eigenvalue weighted by atomic mass is 16.4.